The molecule has 6 nitrogen and oxygen atoms in total. The molecule has 0 radical (unpaired) electrons. The molecule has 0 spiro atoms. The lowest BCUT2D eigenvalue weighted by molar-refractivity contribution is -0.125. The first kappa shape index (κ1) is 19.7. The predicted molar refractivity (Wildman–Crippen MR) is 98.5 cm³/mol. The van der Waals surface area contributed by atoms with Crippen LogP contribution in [0.2, 0.25) is 0 Å². The van der Waals surface area contributed by atoms with E-state index in [4.69, 9.17) is 4.74 Å². The number of amides is 1. The topological polar surface area (TPSA) is 84.5 Å². The molecule has 0 saturated carbocycles. The molecule has 7 heteroatoms. The van der Waals surface area contributed by atoms with Crippen molar-refractivity contribution in [2.45, 2.75) is 43.9 Å². The van der Waals surface area contributed by atoms with Gasteiger partial charge >= 0.3 is 0 Å². The molecule has 0 aromatic heterocycles. The van der Waals surface area contributed by atoms with Crippen LogP contribution in [-0.2, 0) is 14.6 Å². The van der Waals surface area contributed by atoms with Gasteiger partial charge < -0.3 is 15.4 Å². The molecule has 1 saturated heterocycles. The van der Waals surface area contributed by atoms with Crippen LogP contribution in [0.15, 0.2) is 24.3 Å². The molecule has 140 valence electrons. The van der Waals surface area contributed by atoms with Crippen LogP contribution in [0, 0.1) is 0 Å². The average Bonchev–Trinajstić information content (AvgIpc) is 2.60. The van der Waals surface area contributed by atoms with Gasteiger partial charge in [-0.25, -0.2) is 8.42 Å². The summed E-state index contributed by atoms with van der Waals surface area (Å²) in [6, 6.07) is 7.24. The van der Waals surface area contributed by atoms with Gasteiger partial charge in [-0.3, -0.25) is 4.79 Å². The van der Waals surface area contributed by atoms with Crippen LogP contribution in [0.3, 0.4) is 0 Å². The van der Waals surface area contributed by atoms with Crippen molar-refractivity contribution in [3.8, 4) is 5.75 Å². The van der Waals surface area contributed by atoms with Crippen molar-refractivity contribution in [2.75, 3.05) is 26.0 Å². The molecule has 1 aliphatic rings. The highest BCUT2D eigenvalue weighted by Crippen LogP contribution is 2.29. The average molecular weight is 368 g/mol. The van der Waals surface area contributed by atoms with Gasteiger partial charge in [0.2, 0.25) is 5.91 Å². The van der Waals surface area contributed by atoms with E-state index in [1.807, 2.05) is 38.1 Å². The lowest BCUT2D eigenvalue weighted by Gasteiger charge is -2.35. The third-order valence-electron chi connectivity index (χ3n) is 4.74. The Bertz CT molecular complexity index is 680. The fourth-order valence-electron chi connectivity index (χ4n) is 3.08. The number of carbonyl (C=O) groups is 1. The van der Waals surface area contributed by atoms with Crippen molar-refractivity contribution in [1.82, 2.24) is 10.6 Å². The summed E-state index contributed by atoms with van der Waals surface area (Å²) in [7, 11) is -3.50. The minimum atomic E-state index is -3.50. The Balaban J connectivity index is 2.10. The molecular formula is C18H28N2O4S. The zero-order valence-corrected chi connectivity index (χ0v) is 16.0. The summed E-state index contributed by atoms with van der Waals surface area (Å²) in [6.45, 7) is 5.62. The van der Waals surface area contributed by atoms with Crippen molar-refractivity contribution in [1.29, 1.82) is 0 Å². The number of sulfone groups is 1. The number of piperidine rings is 1. The molecule has 1 aromatic rings. The van der Waals surface area contributed by atoms with E-state index >= 15 is 0 Å². The molecule has 1 fully saturated rings. The number of nitrogens with one attached hydrogen (secondary N) is 2. The Hall–Kier alpha value is -1.60. The van der Waals surface area contributed by atoms with Gasteiger partial charge in [0.1, 0.15) is 5.75 Å². The quantitative estimate of drug-likeness (QED) is 0.767. The van der Waals surface area contributed by atoms with E-state index in [0.717, 1.165) is 24.0 Å². The number of carbonyl (C=O) groups excluding carboxylic acids is 1. The summed E-state index contributed by atoms with van der Waals surface area (Å²) in [5.74, 6) is 0.380. The fourth-order valence-corrected chi connectivity index (χ4v) is 4.42. The molecule has 1 unspecified atom stereocenters. The van der Waals surface area contributed by atoms with Crippen LogP contribution in [-0.4, -0.2) is 45.0 Å². The van der Waals surface area contributed by atoms with Crippen LogP contribution in [0.1, 0.15) is 44.7 Å². The monoisotopic (exact) mass is 368 g/mol. The van der Waals surface area contributed by atoms with Crippen LogP contribution >= 0.6 is 0 Å². The Kier molecular flexibility index (Phi) is 6.46. The highest BCUT2D eigenvalue weighted by atomic mass is 32.2. The van der Waals surface area contributed by atoms with Gasteiger partial charge in [0.15, 0.2) is 14.6 Å². The Morgan fingerprint density at radius 3 is 2.40 bits per heavy atom. The van der Waals surface area contributed by atoms with Crippen molar-refractivity contribution in [2.24, 2.45) is 0 Å². The molecule has 0 bridgehead atoms. The van der Waals surface area contributed by atoms with E-state index in [9.17, 15) is 13.2 Å². The second kappa shape index (κ2) is 8.19. The summed E-state index contributed by atoms with van der Waals surface area (Å²) in [5, 5.41) is 6.01. The van der Waals surface area contributed by atoms with Crippen molar-refractivity contribution in [3.05, 3.63) is 29.8 Å². The number of hydrogen-bond donors (Lipinski definition) is 2. The fraction of sp³-hybridized carbons (Fsp3) is 0.611. The maximum Gasteiger partial charge on any atom is 0.242 e. The molecular weight excluding hydrogens is 340 g/mol. The van der Waals surface area contributed by atoms with Gasteiger partial charge in [-0.1, -0.05) is 19.1 Å². The maximum absolute atomic E-state index is 12.8. The number of benzene rings is 1. The summed E-state index contributed by atoms with van der Waals surface area (Å²) in [4.78, 5) is 12.8. The van der Waals surface area contributed by atoms with Crippen molar-refractivity contribution < 1.29 is 17.9 Å². The first-order chi connectivity index (χ1) is 11.8. The standard InChI is InChI=1S/C18H28N2O4S/c1-4-13-24-16-7-5-15(6-8-16)14(2)20-17(21)18(25(3,22)23)9-11-19-12-10-18/h5-8,14,19H,4,9-13H2,1-3H3,(H,20,21). The summed E-state index contributed by atoms with van der Waals surface area (Å²) >= 11 is 0. The van der Waals surface area contributed by atoms with E-state index in [1.54, 1.807) is 0 Å². The Morgan fingerprint density at radius 1 is 1.28 bits per heavy atom. The first-order valence-corrected chi connectivity index (χ1v) is 10.6. The smallest absolute Gasteiger partial charge is 0.242 e. The van der Waals surface area contributed by atoms with E-state index in [0.29, 0.717) is 32.5 Å². The molecule has 1 aliphatic heterocycles. The van der Waals surface area contributed by atoms with Crippen molar-refractivity contribution in [3.63, 3.8) is 0 Å². The van der Waals surface area contributed by atoms with E-state index in [1.165, 1.54) is 0 Å². The molecule has 2 rings (SSSR count). The van der Waals surface area contributed by atoms with Gasteiger partial charge in [-0.15, -0.1) is 0 Å². The normalized spacial score (nSPS) is 18.4. The second-order valence-electron chi connectivity index (χ2n) is 6.63. The molecule has 2 N–H and O–H groups in total. The van der Waals surface area contributed by atoms with E-state index in [-0.39, 0.29) is 6.04 Å². The predicted octanol–water partition coefficient (Wildman–Crippen LogP) is 1.82. The summed E-state index contributed by atoms with van der Waals surface area (Å²) in [5.41, 5.74) is 0.912. The molecule has 1 heterocycles. The van der Waals surface area contributed by atoms with Crippen LogP contribution in [0.25, 0.3) is 0 Å². The SMILES string of the molecule is CCCOc1ccc(C(C)NC(=O)C2(S(C)(=O)=O)CCNCC2)cc1. The second-order valence-corrected chi connectivity index (χ2v) is 8.95. The highest BCUT2D eigenvalue weighted by Gasteiger charge is 2.48. The lowest BCUT2D eigenvalue weighted by atomic mass is 9.95. The zero-order chi connectivity index (χ0) is 18.5. The highest BCUT2D eigenvalue weighted by molar-refractivity contribution is 7.92. The van der Waals surface area contributed by atoms with Gasteiger partial charge in [-0.05, 0) is 57.0 Å². The van der Waals surface area contributed by atoms with Crippen molar-refractivity contribution >= 4 is 15.7 Å². The molecule has 25 heavy (non-hydrogen) atoms. The number of hydrogen-bond acceptors (Lipinski definition) is 5. The van der Waals surface area contributed by atoms with Crippen LogP contribution in [0.4, 0.5) is 0 Å². The van der Waals surface area contributed by atoms with Gasteiger partial charge in [0, 0.05) is 6.26 Å². The van der Waals surface area contributed by atoms with Gasteiger partial charge in [0.25, 0.3) is 0 Å². The van der Waals surface area contributed by atoms with Gasteiger partial charge in [-0.2, -0.15) is 0 Å². The van der Waals surface area contributed by atoms with Crippen LogP contribution < -0.4 is 15.4 Å². The Morgan fingerprint density at radius 2 is 1.88 bits per heavy atom. The van der Waals surface area contributed by atoms with Crippen LogP contribution in [0.5, 0.6) is 5.75 Å². The Labute approximate surface area is 150 Å². The third kappa shape index (κ3) is 4.52. The van der Waals surface area contributed by atoms with Gasteiger partial charge in [0.05, 0.1) is 12.6 Å². The number of ether oxygens (including phenoxy) is 1. The largest absolute Gasteiger partial charge is 0.494 e. The molecule has 1 atom stereocenters. The lowest BCUT2D eigenvalue weighted by Crippen LogP contribution is -2.57. The minimum absolute atomic E-state index is 0.277. The third-order valence-corrected chi connectivity index (χ3v) is 6.75. The molecule has 1 amide bonds. The van der Waals surface area contributed by atoms with E-state index in [2.05, 4.69) is 10.6 Å². The number of rotatable bonds is 7. The minimum Gasteiger partial charge on any atom is -0.494 e. The summed E-state index contributed by atoms with van der Waals surface area (Å²) < 4.78 is 28.8. The zero-order valence-electron chi connectivity index (χ0n) is 15.2. The molecule has 1 aromatic carbocycles. The molecule has 0 aliphatic carbocycles. The maximum atomic E-state index is 12.8. The first-order valence-electron chi connectivity index (χ1n) is 8.74. The van der Waals surface area contributed by atoms with E-state index < -0.39 is 20.5 Å². The summed E-state index contributed by atoms with van der Waals surface area (Å²) in [6.07, 6.45) is 2.70.